The van der Waals surface area contributed by atoms with Gasteiger partial charge in [0.2, 0.25) is 6.41 Å². The van der Waals surface area contributed by atoms with Crippen molar-refractivity contribution in [2.75, 3.05) is 0 Å². The number of hydrogen-bond acceptors (Lipinski definition) is 2. The van der Waals surface area contributed by atoms with Crippen molar-refractivity contribution in [2.45, 2.75) is 26.2 Å². The Kier molecular flexibility index (Phi) is 2.39. The van der Waals surface area contributed by atoms with Gasteiger partial charge in [0.15, 0.2) is 0 Å². The van der Waals surface area contributed by atoms with Gasteiger partial charge < -0.3 is 10.4 Å². The van der Waals surface area contributed by atoms with Crippen LogP contribution in [0.5, 0.6) is 0 Å². The van der Waals surface area contributed by atoms with Gasteiger partial charge in [0.1, 0.15) is 6.04 Å². The maximum Gasteiger partial charge on any atom is 0.326 e. The third kappa shape index (κ3) is 4.36. The Hall–Kier alpha value is -1.06. The second-order valence-corrected chi connectivity index (χ2v) is 2.31. The van der Waals surface area contributed by atoms with E-state index in [1.807, 2.05) is 0 Å². The van der Waals surface area contributed by atoms with Gasteiger partial charge in [0.05, 0.1) is 0 Å². The van der Waals surface area contributed by atoms with Crippen molar-refractivity contribution in [3.63, 3.8) is 0 Å². The lowest BCUT2D eigenvalue weighted by Crippen LogP contribution is -2.36. The third-order valence-corrected chi connectivity index (χ3v) is 1.16. The molecule has 0 fully saturated rings. The highest BCUT2D eigenvalue weighted by molar-refractivity contribution is 5.76. The molecule has 0 aromatic heterocycles. The molecule has 0 spiro atoms. The van der Waals surface area contributed by atoms with Crippen LogP contribution < -0.4 is 5.32 Å². The highest BCUT2D eigenvalue weighted by Crippen LogP contribution is 2.03. The number of carboxylic acids is 1. The van der Waals surface area contributed by atoms with Crippen molar-refractivity contribution in [2.24, 2.45) is 5.92 Å². The van der Waals surface area contributed by atoms with Crippen LogP contribution in [0.15, 0.2) is 0 Å². The van der Waals surface area contributed by atoms with E-state index in [2.05, 4.69) is 5.32 Å². The number of hydrogen-bond donors (Lipinski definition) is 2. The number of carbonyl (C=O) groups excluding carboxylic acids is 1. The first-order chi connectivity index (χ1) is 6.29. The average molecular weight is 162 g/mol. The van der Waals surface area contributed by atoms with Gasteiger partial charge in [-0.15, -0.1) is 0 Å². The fourth-order valence-corrected chi connectivity index (χ4v) is 0.676. The average Bonchev–Trinajstić information content (AvgIpc) is 2.01. The van der Waals surface area contributed by atoms with Crippen LogP contribution in [0.1, 0.15) is 24.3 Å². The fourth-order valence-electron chi connectivity index (χ4n) is 0.676. The van der Waals surface area contributed by atoms with Crippen LogP contribution >= 0.6 is 0 Å². The second kappa shape index (κ2) is 4.71. The number of rotatable bonds is 5. The first kappa shape index (κ1) is 5.57. The van der Waals surface area contributed by atoms with Gasteiger partial charge in [0, 0.05) is 4.11 Å². The van der Waals surface area contributed by atoms with E-state index in [9.17, 15) is 9.59 Å². The summed E-state index contributed by atoms with van der Waals surface area (Å²) in [4.78, 5) is 20.6. The van der Waals surface area contributed by atoms with Crippen molar-refractivity contribution >= 4 is 12.4 Å². The lowest BCUT2D eigenvalue weighted by Gasteiger charge is -2.12. The molecule has 4 heteroatoms. The Bertz CT molecular complexity index is 217. The summed E-state index contributed by atoms with van der Waals surface area (Å²) in [6, 6.07) is -1.14. The molecule has 1 unspecified atom stereocenters. The Morgan fingerprint density at radius 3 is 2.91 bits per heavy atom. The van der Waals surface area contributed by atoms with E-state index in [1.165, 1.54) is 6.92 Å². The Morgan fingerprint density at radius 1 is 1.91 bits per heavy atom. The monoisotopic (exact) mass is 162 g/mol. The quantitative estimate of drug-likeness (QED) is 0.569. The van der Waals surface area contributed by atoms with Gasteiger partial charge in [-0.2, -0.15) is 0 Å². The SMILES string of the molecule is [2H]C([2H])([2H])C(C)C[C@@H](NC=O)C(=O)O. The van der Waals surface area contributed by atoms with E-state index in [-0.39, 0.29) is 12.8 Å². The predicted molar refractivity (Wildman–Crippen MR) is 40.1 cm³/mol. The Balaban J connectivity index is 4.30. The van der Waals surface area contributed by atoms with Gasteiger partial charge in [0.25, 0.3) is 0 Å². The van der Waals surface area contributed by atoms with Gasteiger partial charge in [-0.25, -0.2) is 4.79 Å². The highest BCUT2D eigenvalue weighted by atomic mass is 16.4. The summed E-state index contributed by atoms with van der Waals surface area (Å²) in [6.07, 6.45) is 0.148. The van der Waals surface area contributed by atoms with Crippen LogP contribution in [0.2, 0.25) is 0 Å². The van der Waals surface area contributed by atoms with Gasteiger partial charge in [-0.05, 0) is 12.3 Å². The molecular weight excluding hydrogens is 146 g/mol. The molecule has 0 aliphatic heterocycles. The van der Waals surface area contributed by atoms with Crippen LogP contribution in [-0.4, -0.2) is 23.5 Å². The zero-order chi connectivity index (χ0) is 11.4. The minimum absolute atomic E-state index is 0.107. The second-order valence-electron chi connectivity index (χ2n) is 2.31. The molecule has 2 atom stereocenters. The molecule has 0 aromatic carbocycles. The van der Waals surface area contributed by atoms with Crippen LogP contribution in [0, 0.1) is 5.92 Å². The van der Waals surface area contributed by atoms with Crippen molar-refractivity contribution in [1.29, 1.82) is 0 Å². The zero-order valence-corrected chi connectivity index (χ0v) is 6.20. The summed E-state index contributed by atoms with van der Waals surface area (Å²) in [5, 5.41) is 10.7. The number of carbonyl (C=O) groups is 2. The lowest BCUT2D eigenvalue weighted by molar-refractivity contribution is -0.141. The molecule has 0 saturated heterocycles. The first-order valence-electron chi connectivity index (χ1n) is 4.71. The number of nitrogens with one attached hydrogen (secondary N) is 1. The molecule has 0 heterocycles. The molecule has 4 nitrogen and oxygen atoms in total. The van der Waals surface area contributed by atoms with Crippen LogP contribution in [0.3, 0.4) is 0 Å². The van der Waals surface area contributed by atoms with E-state index >= 15 is 0 Å². The molecule has 0 rings (SSSR count). The molecule has 2 N–H and O–H groups in total. The van der Waals surface area contributed by atoms with Crippen molar-refractivity contribution in [3.05, 3.63) is 0 Å². The third-order valence-electron chi connectivity index (χ3n) is 1.16. The maximum atomic E-state index is 10.5. The molecule has 1 amide bonds. The minimum Gasteiger partial charge on any atom is -0.480 e. The zero-order valence-electron chi connectivity index (χ0n) is 9.20. The Morgan fingerprint density at radius 2 is 2.55 bits per heavy atom. The van der Waals surface area contributed by atoms with E-state index < -0.39 is 24.8 Å². The summed E-state index contributed by atoms with van der Waals surface area (Å²) < 4.78 is 21.1. The molecule has 0 aliphatic rings. The molecule has 0 aliphatic carbocycles. The van der Waals surface area contributed by atoms with Crippen molar-refractivity contribution in [1.82, 2.24) is 5.32 Å². The molecule has 0 saturated carbocycles. The van der Waals surface area contributed by atoms with E-state index in [1.54, 1.807) is 0 Å². The molecule has 0 aromatic rings. The van der Waals surface area contributed by atoms with Crippen LogP contribution in [0.25, 0.3) is 0 Å². The topological polar surface area (TPSA) is 66.4 Å². The molecular formula is C7H13NO3. The van der Waals surface area contributed by atoms with Crippen molar-refractivity contribution in [3.8, 4) is 0 Å². The predicted octanol–water partition coefficient (Wildman–Crippen LogP) is 0.232. The summed E-state index contributed by atoms with van der Waals surface area (Å²) in [5.74, 6) is -2.00. The summed E-state index contributed by atoms with van der Waals surface area (Å²) >= 11 is 0. The molecule has 0 bridgehead atoms. The summed E-state index contributed by atoms with van der Waals surface area (Å²) in [6.45, 7) is -0.770. The number of aliphatic carboxylic acids is 1. The van der Waals surface area contributed by atoms with E-state index in [0.29, 0.717) is 0 Å². The smallest absolute Gasteiger partial charge is 0.326 e. The van der Waals surface area contributed by atoms with Gasteiger partial charge in [-0.1, -0.05) is 13.8 Å². The minimum atomic E-state index is -2.20. The fraction of sp³-hybridized carbons (Fsp3) is 0.714. The number of amides is 1. The van der Waals surface area contributed by atoms with Gasteiger partial charge in [-0.3, -0.25) is 4.79 Å². The molecule has 64 valence electrons. The highest BCUT2D eigenvalue weighted by Gasteiger charge is 2.16. The van der Waals surface area contributed by atoms with Crippen LogP contribution in [-0.2, 0) is 9.59 Å². The molecule has 0 radical (unpaired) electrons. The van der Waals surface area contributed by atoms with Crippen LogP contribution in [0.4, 0.5) is 0 Å². The standard InChI is InChI=1S/C7H13NO3/c1-5(2)3-6(7(10)11)8-4-9/h4-6H,3H2,1-2H3,(H,8,9)(H,10,11)/t6-/m1/s1/i1D3/t5?,6-. The first-order valence-corrected chi connectivity index (χ1v) is 3.21. The van der Waals surface area contributed by atoms with Crippen molar-refractivity contribution < 1.29 is 18.8 Å². The maximum absolute atomic E-state index is 10.5. The molecule has 11 heavy (non-hydrogen) atoms. The normalized spacial score (nSPS) is 20.3. The largest absolute Gasteiger partial charge is 0.480 e. The summed E-state index contributed by atoms with van der Waals surface area (Å²) in [5.41, 5.74) is 0. The van der Waals surface area contributed by atoms with E-state index in [4.69, 9.17) is 9.22 Å². The number of carboxylic acid groups (broad SMARTS) is 1. The Labute approximate surface area is 69.8 Å². The van der Waals surface area contributed by atoms with Gasteiger partial charge >= 0.3 is 5.97 Å². The summed E-state index contributed by atoms with van der Waals surface area (Å²) in [7, 11) is 0. The lowest BCUT2D eigenvalue weighted by atomic mass is 10.0. The van der Waals surface area contributed by atoms with E-state index in [0.717, 1.165) is 0 Å².